The highest BCUT2D eigenvalue weighted by molar-refractivity contribution is 7.92. The van der Waals surface area contributed by atoms with E-state index in [1.165, 1.54) is 35.2 Å². The number of nitrogen functional groups attached to an aromatic ring is 1. The Kier molecular flexibility index (Phi) is 4.84. The first-order valence-electron chi connectivity index (χ1n) is 9.47. The number of aromatic nitrogens is 4. The van der Waals surface area contributed by atoms with E-state index in [1.54, 1.807) is 36.7 Å². The molecule has 0 saturated carbocycles. The van der Waals surface area contributed by atoms with Crippen LogP contribution in [0.2, 0.25) is 5.02 Å². The van der Waals surface area contributed by atoms with E-state index < -0.39 is 9.84 Å². The number of hydrogen-bond donors (Lipinski definition) is 1. The number of benzene rings is 2. The largest absolute Gasteiger partial charge is 0.382 e. The molecule has 0 aliphatic heterocycles. The molecular weight excluding hydrogens is 448 g/mol. The maximum absolute atomic E-state index is 13.5. The van der Waals surface area contributed by atoms with Crippen LogP contribution >= 0.6 is 11.6 Å². The van der Waals surface area contributed by atoms with E-state index in [4.69, 9.17) is 17.3 Å². The van der Waals surface area contributed by atoms with Crippen molar-refractivity contribution in [1.29, 1.82) is 0 Å². The van der Waals surface area contributed by atoms with Gasteiger partial charge in [0.2, 0.25) is 9.84 Å². The lowest BCUT2D eigenvalue weighted by atomic mass is 10.3. The number of hydrogen-bond acceptors (Lipinski definition) is 7. The number of para-hydroxylation sites is 2. The fourth-order valence-corrected chi connectivity index (χ4v) is 4.92. The fraction of sp³-hybridized carbons (Fsp3) is 0. The third-order valence-corrected chi connectivity index (χ3v) is 6.91. The number of rotatable bonds is 4. The minimum absolute atomic E-state index is 0.0406. The van der Waals surface area contributed by atoms with Gasteiger partial charge in [-0.2, -0.15) is 9.78 Å². The predicted octanol–water partition coefficient (Wildman–Crippen LogP) is 3.93. The predicted molar refractivity (Wildman–Crippen MR) is 124 cm³/mol. The van der Waals surface area contributed by atoms with Crippen LogP contribution in [-0.4, -0.2) is 34.3 Å². The van der Waals surface area contributed by atoms with Crippen LogP contribution in [0.5, 0.6) is 0 Å². The zero-order valence-corrected chi connectivity index (χ0v) is 18.0. The number of fused-ring (bicyclic) bond motifs is 2. The molecule has 158 valence electrons. The lowest BCUT2D eigenvalue weighted by Crippen LogP contribution is -2.06. The Bertz CT molecular complexity index is 1600. The van der Waals surface area contributed by atoms with Crippen LogP contribution in [0.1, 0.15) is 5.56 Å². The molecule has 0 aliphatic rings. The summed E-state index contributed by atoms with van der Waals surface area (Å²) >= 11 is 5.93. The minimum atomic E-state index is -4.04. The summed E-state index contributed by atoms with van der Waals surface area (Å²) in [6.45, 7) is 0. The van der Waals surface area contributed by atoms with Gasteiger partial charge in [-0.25, -0.2) is 18.4 Å². The molecule has 0 amide bonds. The third-order valence-electron chi connectivity index (χ3n) is 4.83. The third kappa shape index (κ3) is 3.37. The van der Waals surface area contributed by atoms with Crippen LogP contribution in [0.25, 0.3) is 22.2 Å². The average molecular weight is 463 g/mol. The average Bonchev–Trinajstić information content (AvgIpc) is 3.07. The van der Waals surface area contributed by atoms with Crippen LogP contribution in [0.4, 0.5) is 5.82 Å². The number of nitrogens with zero attached hydrogens (tertiary/aromatic N) is 5. The Morgan fingerprint density at radius 1 is 0.969 bits per heavy atom. The maximum atomic E-state index is 13.5. The molecule has 0 unspecified atom stereocenters. The topological polar surface area (TPSA) is 116 Å². The highest BCUT2D eigenvalue weighted by Crippen LogP contribution is 2.35. The molecule has 0 radical (unpaired) electrons. The van der Waals surface area contributed by atoms with Crippen molar-refractivity contribution in [3.05, 3.63) is 83.6 Å². The number of pyridine rings is 1. The molecule has 0 atom stereocenters. The first kappa shape index (κ1) is 20.1. The van der Waals surface area contributed by atoms with E-state index in [-0.39, 0.29) is 26.8 Å². The van der Waals surface area contributed by atoms with Gasteiger partial charge in [0.05, 0.1) is 22.1 Å². The van der Waals surface area contributed by atoms with E-state index >= 15 is 0 Å². The number of anilines is 1. The fourth-order valence-electron chi connectivity index (χ4n) is 3.31. The van der Waals surface area contributed by atoms with Crippen LogP contribution in [0, 0.1) is 0 Å². The number of nitrogens with two attached hydrogens (primary N) is 1. The Morgan fingerprint density at radius 3 is 2.38 bits per heavy atom. The van der Waals surface area contributed by atoms with Gasteiger partial charge in [0.25, 0.3) is 0 Å². The van der Waals surface area contributed by atoms with E-state index in [9.17, 15) is 8.42 Å². The molecule has 5 aromatic rings. The molecule has 0 spiro atoms. The van der Waals surface area contributed by atoms with E-state index in [0.29, 0.717) is 21.6 Å². The summed E-state index contributed by atoms with van der Waals surface area (Å²) in [6.07, 6.45) is 4.79. The molecule has 0 fully saturated rings. The summed E-state index contributed by atoms with van der Waals surface area (Å²) in [6, 6.07) is 16.6. The van der Waals surface area contributed by atoms with E-state index in [1.807, 2.05) is 12.1 Å². The summed E-state index contributed by atoms with van der Waals surface area (Å²) in [5.74, 6) is -0.0922. The first-order chi connectivity index (χ1) is 15.4. The molecule has 0 bridgehead atoms. The zero-order chi connectivity index (χ0) is 22.3. The molecule has 32 heavy (non-hydrogen) atoms. The van der Waals surface area contributed by atoms with E-state index in [2.05, 4.69) is 20.1 Å². The lowest BCUT2D eigenvalue weighted by Gasteiger charge is -2.05. The summed E-state index contributed by atoms with van der Waals surface area (Å²) in [5, 5.41) is 4.81. The van der Waals surface area contributed by atoms with Crippen molar-refractivity contribution >= 4 is 55.7 Å². The van der Waals surface area contributed by atoms with Gasteiger partial charge in [-0.15, -0.1) is 0 Å². The highest BCUT2D eigenvalue weighted by atomic mass is 35.5. The Labute approximate surface area is 187 Å². The molecule has 3 aromatic heterocycles. The molecule has 2 N–H and O–H groups in total. The quantitative estimate of drug-likeness (QED) is 0.404. The highest BCUT2D eigenvalue weighted by Gasteiger charge is 2.30. The summed E-state index contributed by atoms with van der Waals surface area (Å²) < 4.78 is 28.4. The monoisotopic (exact) mass is 462 g/mol. The van der Waals surface area contributed by atoms with Crippen molar-refractivity contribution in [2.75, 3.05) is 5.73 Å². The lowest BCUT2D eigenvalue weighted by molar-refractivity contribution is 0.597. The van der Waals surface area contributed by atoms with Crippen molar-refractivity contribution in [2.24, 2.45) is 5.10 Å². The van der Waals surface area contributed by atoms with Crippen molar-refractivity contribution in [1.82, 2.24) is 19.6 Å². The second-order valence-electron chi connectivity index (χ2n) is 6.90. The molecule has 2 aromatic carbocycles. The van der Waals surface area contributed by atoms with Gasteiger partial charge in [0, 0.05) is 23.0 Å². The van der Waals surface area contributed by atoms with Gasteiger partial charge >= 0.3 is 0 Å². The van der Waals surface area contributed by atoms with Crippen LogP contribution in [0.15, 0.2) is 87.9 Å². The molecule has 8 nitrogen and oxygen atoms in total. The molecule has 3 heterocycles. The molecule has 0 saturated heterocycles. The Hall–Kier alpha value is -3.82. The smallest absolute Gasteiger partial charge is 0.212 e. The van der Waals surface area contributed by atoms with Crippen molar-refractivity contribution in [2.45, 2.75) is 9.79 Å². The van der Waals surface area contributed by atoms with E-state index in [0.717, 1.165) is 0 Å². The standard InChI is InChI=1S/C22H15ClN6O2S/c23-15-7-9-16(10-8-15)32(30,31)20-19-22(28-18-6-2-1-5-17(18)27-19)29(21(20)24)26-13-14-4-3-11-25-12-14/h1-13H,24H2/b26-13+. The Balaban J connectivity index is 1.81. The second kappa shape index (κ2) is 7.70. The van der Waals surface area contributed by atoms with Gasteiger partial charge in [-0.1, -0.05) is 29.8 Å². The van der Waals surface area contributed by atoms with Gasteiger partial charge in [0.1, 0.15) is 16.2 Å². The Morgan fingerprint density at radius 2 is 1.69 bits per heavy atom. The summed E-state index contributed by atoms with van der Waals surface area (Å²) in [7, 11) is -4.04. The first-order valence-corrected chi connectivity index (χ1v) is 11.3. The molecular formula is C22H15ClN6O2S. The normalized spacial score (nSPS) is 12.2. The molecule has 0 aliphatic carbocycles. The number of halogens is 1. The van der Waals surface area contributed by atoms with Crippen LogP contribution in [-0.2, 0) is 9.84 Å². The minimum Gasteiger partial charge on any atom is -0.382 e. The van der Waals surface area contributed by atoms with Crippen LogP contribution in [0.3, 0.4) is 0 Å². The van der Waals surface area contributed by atoms with Gasteiger partial charge in [-0.05, 0) is 42.5 Å². The van der Waals surface area contributed by atoms with Gasteiger partial charge in [0.15, 0.2) is 5.65 Å². The molecule has 5 rings (SSSR count). The van der Waals surface area contributed by atoms with Crippen LogP contribution < -0.4 is 5.73 Å². The maximum Gasteiger partial charge on any atom is 0.212 e. The van der Waals surface area contributed by atoms with Gasteiger partial charge < -0.3 is 5.73 Å². The number of sulfone groups is 1. The summed E-state index contributed by atoms with van der Waals surface area (Å²) in [5.41, 5.74) is 8.56. The van der Waals surface area contributed by atoms with Crippen molar-refractivity contribution in [3.8, 4) is 0 Å². The summed E-state index contributed by atoms with van der Waals surface area (Å²) in [4.78, 5) is 13.1. The van der Waals surface area contributed by atoms with Gasteiger partial charge in [-0.3, -0.25) is 4.98 Å². The second-order valence-corrected chi connectivity index (χ2v) is 9.22. The van der Waals surface area contributed by atoms with Crippen molar-refractivity contribution in [3.63, 3.8) is 0 Å². The SMILES string of the molecule is Nc1c(S(=O)(=O)c2ccc(Cl)cc2)c2nc3ccccc3nc2n1/N=C/c1cccnc1. The molecule has 10 heteroatoms. The van der Waals surface area contributed by atoms with Crippen molar-refractivity contribution < 1.29 is 8.42 Å². The zero-order valence-electron chi connectivity index (χ0n) is 16.4.